The van der Waals surface area contributed by atoms with Crippen molar-refractivity contribution >= 4 is 29.0 Å². The molecule has 0 spiro atoms. The Morgan fingerprint density at radius 1 is 0.929 bits per heavy atom. The van der Waals surface area contributed by atoms with Crippen molar-refractivity contribution in [2.24, 2.45) is 0 Å². The van der Waals surface area contributed by atoms with E-state index >= 15 is 0 Å². The van der Waals surface area contributed by atoms with Crippen molar-refractivity contribution < 1.29 is 23.9 Å². The molecule has 7 nitrogen and oxygen atoms in total. The second kappa shape index (κ2) is 9.55. The maximum Gasteiger partial charge on any atom is 0.226 e. The van der Waals surface area contributed by atoms with E-state index in [1.807, 2.05) is 0 Å². The first kappa shape index (κ1) is 21.0. The molecule has 2 aromatic carbocycles. The average Bonchev–Trinajstić information content (AvgIpc) is 2.68. The third kappa shape index (κ3) is 5.33. The number of methoxy groups -OCH3 is 2. The van der Waals surface area contributed by atoms with Crippen LogP contribution < -0.4 is 19.7 Å². The highest BCUT2D eigenvalue weighted by atomic mass is 16.5. The molecule has 0 aliphatic rings. The summed E-state index contributed by atoms with van der Waals surface area (Å²) in [4.78, 5) is 37.1. The van der Waals surface area contributed by atoms with E-state index in [2.05, 4.69) is 5.32 Å². The van der Waals surface area contributed by atoms with Gasteiger partial charge in [0.15, 0.2) is 17.3 Å². The van der Waals surface area contributed by atoms with Gasteiger partial charge in [0.05, 0.1) is 14.2 Å². The number of hydrogen-bond acceptors (Lipinski definition) is 5. The number of carbonyl (C=O) groups is 3. The Labute approximate surface area is 164 Å². The largest absolute Gasteiger partial charge is 0.493 e. The van der Waals surface area contributed by atoms with Crippen LogP contribution in [0, 0.1) is 0 Å². The number of ether oxygens (including phenoxy) is 2. The second-order valence-corrected chi connectivity index (χ2v) is 6.14. The molecule has 7 heteroatoms. The normalized spacial score (nSPS) is 10.1. The van der Waals surface area contributed by atoms with Gasteiger partial charge in [-0.3, -0.25) is 14.4 Å². The molecule has 0 aliphatic heterocycles. The van der Waals surface area contributed by atoms with Gasteiger partial charge in [0.2, 0.25) is 11.8 Å². The molecule has 0 saturated carbocycles. The van der Waals surface area contributed by atoms with Crippen molar-refractivity contribution in [1.82, 2.24) is 0 Å². The lowest BCUT2D eigenvalue weighted by Gasteiger charge is -2.22. The molecular formula is C21H24N2O5. The molecule has 1 N–H and O–H groups in total. The van der Waals surface area contributed by atoms with Crippen LogP contribution in [0.2, 0.25) is 0 Å². The van der Waals surface area contributed by atoms with Gasteiger partial charge in [0.1, 0.15) is 0 Å². The fraction of sp³-hybridized carbons (Fsp3) is 0.286. The fourth-order valence-electron chi connectivity index (χ4n) is 2.69. The first-order chi connectivity index (χ1) is 13.3. The minimum Gasteiger partial charge on any atom is -0.493 e. The number of benzene rings is 2. The Bertz CT molecular complexity index is 862. The Morgan fingerprint density at radius 2 is 1.57 bits per heavy atom. The van der Waals surface area contributed by atoms with Crippen LogP contribution >= 0.6 is 0 Å². The van der Waals surface area contributed by atoms with E-state index in [1.165, 1.54) is 33.0 Å². The smallest absolute Gasteiger partial charge is 0.226 e. The van der Waals surface area contributed by atoms with Crippen LogP contribution in [0.5, 0.6) is 11.5 Å². The molecule has 148 valence electrons. The molecule has 2 aromatic rings. The number of rotatable bonds is 8. The molecule has 0 saturated heterocycles. The van der Waals surface area contributed by atoms with Crippen LogP contribution in [0.3, 0.4) is 0 Å². The Hall–Kier alpha value is -3.35. The summed E-state index contributed by atoms with van der Waals surface area (Å²) in [5, 5.41) is 2.76. The van der Waals surface area contributed by atoms with Crippen molar-refractivity contribution in [3.8, 4) is 11.5 Å². The molecule has 2 amide bonds. The summed E-state index contributed by atoms with van der Waals surface area (Å²) in [7, 11) is 3.05. The summed E-state index contributed by atoms with van der Waals surface area (Å²) < 4.78 is 10.5. The average molecular weight is 384 g/mol. The van der Waals surface area contributed by atoms with Crippen molar-refractivity contribution in [3.05, 3.63) is 48.0 Å². The number of nitrogens with zero attached hydrogens (tertiary/aromatic N) is 1. The zero-order chi connectivity index (χ0) is 20.7. The van der Waals surface area contributed by atoms with Gasteiger partial charge < -0.3 is 19.7 Å². The van der Waals surface area contributed by atoms with Crippen molar-refractivity contribution in [2.75, 3.05) is 31.0 Å². The van der Waals surface area contributed by atoms with Gasteiger partial charge in [0, 0.05) is 42.9 Å². The molecule has 0 radical (unpaired) electrons. The van der Waals surface area contributed by atoms with Gasteiger partial charge >= 0.3 is 0 Å². The third-order valence-electron chi connectivity index (χ3n) is 4.20. The van der Waals surface area contributed by atoms with Crippen LogP contribution in [-0.2, 0) is 9.59 Å². The predicted molar refractivity (Wildman–Crippen MR) is 107 cm³/mol. The summed E-state index contributed by atoms with van der Waals surface area (Å²) in [5.74, 6) is 0.598. The van der Waals surface area contributed by atoms with Gasteiger partial charge in [-0.2, -0.15) is 0 Å². The molecule has 28 heavy (non-hydrogen) atoms. The van der Waals surface area contributed by atoms with Crippen LogP contribution in [0.4, 0.5) is 11.4 Å². The maximum absolute atomic E-state index is 12.3. The van der Waals surface area contributed by atoms with Gasteiger partial charge in [0.25, 0.3) is 0 Å². The highest BCUT2D eigenvalue weighted by Crippen LogP contribution is 2.31. The first-order valence-corrected chi connectivity index (χ1v) is 8.76. The summed E-state index contributed by atoms with van der Waals surface area (Å²) in [6.07, 6.45) is 0.113. The molecule has 0 fully saturated rings. The van der Waals surface area contributed by atoms with E-state index in [4.69, 9.17) is 9.47 Å². The Morgan fingerprint density at radius 3 is 2.11 bits per heavy atom. The van der Waals surface area contributed by atoms with E-state index in [0.717, 1.165) is 0 Å². The lowest BCUT2D eigenvalue weighted by atomic mass is 10.1. The minimum absolute atomic E-state index is 0.0371. The molecule has 0 heterocycles. The molecule has 0 atom stereocenters. The highest BCUT2D eigenvalue weighted by molar-refractivity contribution is 5.96. The van der Waals surface area contributed by atoms with E-state index in [0.29, 0.717) is 28.4 Å². The Balaban J connectivity index is 2.04. The number of hydrogen-bond donors (Lipinski definition) is 1. The van der Waals surface area contributed by atoms with E-state index in [9.17, 15) is 14.4 Å². The quantitative estimate of drug-likeness (QED) is 0.706. The van der Waals surface area contributed by atoms with Crippen LogP contribution in [0.15, 0.2) is 42.5 Å². The maximum atomic E-state index is 12.3. The topological polar surface area (TPSA) is 84.9 Å². The van der Waals surface area contributed by atoms with Gasteiger partial charge in [-0.05, 0) is 43.3 Å². The van der Waals surface area contributed by atoms with Crippen LogP contribution in [0.1, 0.15) is 30.6 Å². The number of ketones is 1. The predicted octanol–water partition coefficient (Wildman–Crippen LogP) is 3.29. The summed E-state index contributed by atoms with van der Waals surface area (Å²) >= 11 is 0. The summed E-state index contributed by atoms with van der Waals surface area (Å²) in [6.45, 7) is 3.13. The number of carbonyl (C=O) groups excluding carboxylic acids is 3. The molecule has 2 rings (SSSR count). The zero-order valence-electron chi connectivity index (χ0n) is 16.4. The second-order valence-electron chi connectivity index (χ2n) is 6.14. The molecular weight excluding hydrogens is 360 g/mol. The van der Waals surface area contributed by atoms with Crippen LogP contribution in [-0.4, -0.2) is 38.4 Å². The summed E-state index contributed by atoms with van der Waals surface area (Å²) in [5.41, 5.74) is 1.79. The van der Waals surface area contributed by atoms with E-state index < -0.39 is 0 Å². The van der Waals surface area contributed by atoms with Gasteiger partial charge in [-0.1, -0.05) is 0 Å². The van der Waals surface area contributed by atoms with Crippen molar-refractivity contribution in [3.63, 3.8) is 0 Å². The van der Waals surface area contributed by atoms with Crippen molar-refractivity contribution in [2.45, 2.75) is 20.3 Å². The third-order valence-corrected chi connectivity index (χ3v) is 4.20. The summed E-state index contributed by atoms with van der Waals surface area (Å²) in [6, 6.07) is 11.8. The van der Waals surface area contributed by atoms with Crippen LogP contribution in [0.25, 0.3) is 0 Å². The minimum atomic E-state index is -0.234. The first-order valence-electron chi connectivity index (χ1n) is 8.76. The Kier molecular flexibility index (Phi) is 7.14. The fourth-order valence-corrected chi connectivity index (χ4v) is 2.69. The molecule has 0 bridgehead atoms. The molecule has 0 unspecified atom stereocenters. The van der Waals surface area contributed by atoms with Crippen molar-refractivity contribution in [1.29, 1.82) is 0 Å². The lowest BCUT2D eigenvalue weighted by molar-refractivity contribution is -0.117. The monoisotopic (exact) mass is 384 g/mol. The van der Waals surface area contributed by atoms with Gasteiger partial charge in [-0.25, -0.2) is 0 Å². The number of amides is 2. The standard InChI is InChI=1S/C21H24N2O5/c1-14(24)16-5-7-17(8-6-16)22-21(26)11-12-23(15(2)25)18-9-10-19(27-3)20(13-18)28-4/h5-10,13H,11-12H2,1-4H3,(H,22,26). The number of nitrogens with one attached hydrogen (secondary N) is 1. The highest BCUT2D eigenvalue weighted by Gasteiger charge is 2.16. The zero-order valence-corrected chi connectivity index (χ0v) is 16.4. The molecule has 0 aliphatic carbocycles. The number of anilines is 2. The van der Waals surface area contributed by atoms with E-state index in [-0.39, 0.29) is 30.6 Å². The molecule has 0 aromatic heterocycles. The lowest BCUT2D eigenvalue weighted by Crippen LogP contribution is -2.32. The van der Waals surface area contributed by atoms with Gasteiger partial charge in [-0.15, -0.1) is 0 Å². The SMILES string of the molecule is COc1ccc(N(CCC(=O)Nc2ccc(C(C)=O)cc2)C(C)=O)cc1OC. The van der Waals surface area contributed by atoms with E-state index in [1.54, 1.807) is 42.5 Å². The number of Topliss-reactive ketones (excluding diaryl/α,β-unsaturated/α-hetero) is 1.